The molecule has 2 aliphatic rings. The third-order valence-corrected chi connectivity index (χ3v) is 7.05. The van der Waals surface area contributed by atoms with E-state index in [0.717, 1.165) is 49.1 Å². The molecule has 1 aliphatic heterocycles. The summed E-state index contributed by atoms with van der Waals surface area (Å²) in [7, 11) is 1.94. The van der Waals surface area contributed by atoms with Crippen LogP contribution >= 0.6 is 0 Å². The predicted molar refractivity (Wildman–Crippen MR) is 116 cm³/mol. The SMILES string of the molecule is Cc1nn(C)c(C)c1CCNC(=O)CN1C(=O)C2(CCCCC2)C1c1ccccc1. The molecule has 2 aromatic rings. The van der Waals surface area contributed by atoms with Crippen molar-refractivity contribution >= 4 is 11.8 Å². The fourth-order valence-electron chi connectivity index (χ4n) is 5.44. The molecule has 0 bridgehead atoms. The summed E-state index contributed by atoms with van der Waals surface area (Å²) >= 11 is 0. The lowest BCUT2D eigenvalue weighted by Crippen LogP contribution is -2.65. The van der Waals surface area contributed by atoms with Crippen molar-refractivity contribution in [2.75, 3.05) is 13.1 Å². The van der Waals surface area contributed by atoms with E-state index in [1.165, 1.54) is 12.0 Å². The molecule has 2 heterocycles. The first kappa shape index (κ1) is 20.6. The summed E-state index contributed by atoms with van der Waals surface area (Å²) in [6.45, 7) is 4.72. The molecule has 1 unspecified atom stereocenters. The van der Waals surface area contributed by atoms with Gasteiger partial charge in [-0.25, -0.2) is 0 Å². The molecule has 30 heavy (non-hydrogen) atoms. The third-order valence-electron chi connectivity index (χ3n) is 7.05. The van der Waals surface area contributed by atoms with Gasteiger partial charge in [0.15, 0.2) is 0 Å². The maximum Gasteiger partial charge on any atom is 0.239 e. The van der Waals surface area contributed by atoms with E-state index in [4.69, 9.17) is 0 Å². The Bertz CT molecular complexity index is 928. The van der Waals surface area contributed by atoms with E-state index in [1.807, 2.05) is 43.8 Å². The number of aromatic nitrogens is 2. The Balaban J connectivity index is 1.41. The Morgan fingerprint density at radius 2 is 1.87 bits per heavy atom. The standard InChI is InChI=1S/C24H32N4O2/c1-17-20(18(2)27(3)26-17)12-15-25-21(29)16-28-22(19-10-6-4-7-11-19)24(23(28)30)13-8-5-9-14-24/h4,6-7,10-11,22H,5,8-9,12-16H2,1-3H3,(H,25,29). The lowest BCUT2D eigenvalue weighted by atomic mass is 9.60. The molecule has 1 atom stereocenters. The fraction of sp³-hybridized carbons (Fsp3) is 0.542. The van der Waals surface area contributed by atoms with Crippen molar-refractivity contribution < 1.29 is 9.59 Å². The molecular weight excluding hydrogens is 376 g/mol. The second-order valence-electron chi connectivity index (χ2n) is 8.84. The highest BCUT2D eigenvalue weighted by Crippen LogP contribution is 2.57. The molecule has 2 fully saturated rings. The zero-order valence-electron chi connectivity index (χ0n) is 18.3. The van der Waals surface area contributed by atoms with Gasteiger partial charge in [0.1, 0.15) is 6.54 Å². The molecule has 1 aromatic heterocycles. The van der Waals surface area contributed by atoms with Crippen molar-refractivity contribution in [2.45, 2.75) is 58.4 Å². The van der Waals surface area contributed by atoms with Crippen LogP contribution in [0, 0.1) is 19.3 Å². The van der Waals surface area contributed by atoms with Gasteiger partial charge in [0.2, 0.25) is 11.8 Å². The van der Waals surface area contributed by atoms with E-state index in [9.17, 15) is 9.59 Å². The number of β-lactam (4-membered cyclic amide) rings is 1. The van der Waals surface area contributed by atoms with Crippen LogP contribution in [0.4, 0.5) is 0 Å². The van der Waals surface area contributed by atoms with E-state index >= 15 is 0 Å². The molecular formula is C24H32N4O2. The highest BCUT2D eigenvalue weighted by Gasteiger charge is 2.60. The Morgan fingerprint density at radius 3 is 2.50 bits per heavy atom. The number of likely N-dealkylation sites (tertiary alicyclic amines) is 1. The molecule has 6 nitrogen and oxygen atoms in total. The lowest BCUT2D eigenvalue weighted by molar-refractivity contribution is -0.179. The Hall–Kier alpha value is -2.63. The van der Waals surface area contributed by atoms with Crippen LogP contribution < -0.4 is 5.32 Å². The molecule has 1 saturated heterocycles. The van der Waals surface area contributed by atoms with Crippen LogP contribution in [0.15, 0.2) is 30.3 Å². The van der Waals surface area contributed by atoms with Crippen molar-refractivity contribution in [2.24, 2.45) is 12.5 Å². The summed E-state index contributed by atoms with van der Waals surface area (Å²) in [5.74, 6) is 0.0688. The van der Waals surface area contributed by atoms with Crippen molar-refractivity contribution in [1.82, 2.24) is 20.0 Å². The normalized spacial score (nSPS) is 20.3. The number of hydrogen-bond acceptors (Lipinski definition) is 3. The second-order valence-corrected chi connectivity index (χ2v) is 8.84. The van der Waals surface area contributed by atoms with E-state index in [-0.39, 0.29) is 29.8 Å². The van der Waals surface area contributed by atoms with Gasteiger partial charge in [0.05, 0.1) is 17.2 Å². The first-order valence-corrected chi connectivity index (χ1v) is 11.1. The summed E-state index contributed by atoms with van der Waals surface area (Å²) in [6, 6.07) is 10.2. The molecule has 1 aliphatic carbocycles. The Morgan fingerprint density at radius 1 is 1.17 bits per heavy atom. The minimum absolute atomic E-state index is 0.0139. The van der Waals surface area contributed by atoms with E-state index in [1.54, 1.807) is 4.90 Å². The van der Waals surface area contributed by atoms with Gasteiger partial charge in [0.25, 0.3) is 0 Å². The van der Waals surface area contributed by atoms with E-state index in [2.05, 4.69) is 22.5 Å². The van der Waals surface area contributed by atoms with Crippen molar-refractivity contribution in [3.8, 4) is 0 Å². The number of nitrogens with zero attached hydrogens (tertiary/aromatic N) is 3. The quantitative estimate of drug-likeness (QED) is 0.746. The average molecular weight is 409 g/mol. The van der Waals surface area contributed by atoms with Crippen LogP contribution in [0.3, 0.4) is 0 Å². The summed E-state index contributed by atoms with van der Waals surface area (Å²) in [6.07, 6.45) is 6.01. The van der Waals surface area contributed by atoms with Crippen LogP contribution in [0.2, 0.25) is 0 Å². The number of benzene rings is 1. The van der Waals surface area contributed by atoms with Gasteiger partial charge in [-0.15, -0.1) is 0 Å². The maximum atomic E-state index is 13.2. The third kappa shape index (κ3) is 3.53. The average Bonchev–Trinajstić information content (AvgIpc) is 3.00. The summed E-state index contributed by atoms with van der Waals surface area (Å²) < 4.78 is 1.87. The van der Waals surface area contributed by atoms with Crippen LogP contribution in [0.1, 0.15) is 60.7 Å². The lowest BCUT2D eigenvalue weighted by Gasteiger charge is -2.58. The van der Waals surface area contributed by atoms with Crippen molar-refractivity contribution in [3.05, 3.63) is 52.8 Å². The smallest absolute Gasteiger partial charge is 0.239 e. The zero-order valence-corrected chi connectivity index (χ0v) is 18.3. The van der Waals surface area contributed by atoms with Gasteiger partial charge in [-0.05, 0) is 44.2 Å². The number of rotatable bonds is 6. The molecule has 0 radical (unpaired) electrons. The summed E-state index contributed by atoms with van der Waals surface area (Å²) in [4.78, 5) is 27.6. The zero-order chi connectivity index (χ0) is 21.3. The van der Waals surface area contributed by atoms with Gasteiger partial charge in [0, 0.05) is 19.3 Å². The molecule has 1 saturated carbocycles. The van der Waals surface area contributed by atoms with Crippen molar-refractivity contribution in [1.29, 1.82) is 0 Å². The summed E-state index contributed by atoms with van der Waals surface area (Å²) in [5.41, 5.74) is 4.16. The van der Waals surface area contributed by atoms with Crippen molar-refractivity contribution in [3.63, 3.8) is 0 Å². The molecule has 1 N–H and O–H groups in total. The number of carbonyl (C=O) groups is 2. The molecule has 1 aromatic carbocycles. The van der Waals surface area contributed by atoms with Gasteiger partial charge in [-0.3, -0.25) is 14.3 Å². The molecule has 2 amide bonds. The Kier molecular flexibility index (Phi) is 5.67. The predicted octanol–water partition coefficient (Wildman–Crippen LogP) is 3.23. The van der Waals surface area contributed by atoms with Crippen LogP contribution in [0.25, 0.3) is 0 Å². The number of amides is 2. The molecule has 6 heteroatoms. The highest BCUT2D eigenvalue weighted by molar-refractivity contribution is 5.94. The maximum absolute atomic E-state index is 13.2. The van der Waals surface area contributed by atoms with Gasteiger partial charge in [-0.2, -0.15) is 5.10 Å². The number of aryl methyl sites for hydroxylation is 2. The fourth-order valence-corrected chi connectivity index (χ4v) is 5.44. The topological polar surface area (TPSA) is 67.2 Å². The monoisotopic (exact) mass is 408 g/mol. The van der Waals surface area contributed by atoms with Crippen LogP contribution in [-0.2, 0) is 23.1 Å². The number of carbonyl (C=O) groups excluding carboxylic acids is 2. The second kappa shape index (κ2) is 8.25. The first-order valence-electron chi connectivity index (χ1n) is 11.1. The first-order chi connectivity index (χ1) is 14.4. The van der Waals surface area contributed by atoms with Crippen LogP contribution in [-0.4, -0.2) is 39.6 Å². The Labute approximate surface area is 178 Å². The highest BCUT2D eigenvalue weighted by atomic mass is 16.2. The molecule has 160 valence electrons. The van der Waals surface area contributed by atoms with Gasteiger partial charge >= 0.3 is 0 Å². The van der Waals surface area contributed by atoms with E-state index < -0.39 is 0 Å². The molecule has 4 rings (SSSR count). The summed E-state index contributed by atoms with van der Waals surface area (Å²) in [5, 5.41) is 7.44. The minimum Gasteiger partial charge on any atom is -0.354 e. The van der Waals surface area contributed by atoms with E-state index in [0.29, 0.717) is 6.54 Å². The van der Waals surface area contributed by atoms with Crippen LogP contribution in [0.5, 0.6) is 0 Å². The van der Waals surface area contributed by atoms with Gasteiger partial charge < -0.3 is 10.2 Å². The molecule has 1 spiro atoms. The largest absolute Gasteiger partial charge is 0.354 e. The number of nitrogens with one attached hydrogen (secondary N) is 1. The number of hydrogen-bond donors (Lipinski definition) is 1. The van der Waals surface area contributed by atoms with Gasteiger partial charge in [-0.1, -0.05) is 49.6 Å². The minimum atomic E-state index is -0.302.